The molecule has 0 saturated carbocycles. The summed E-state index contributed by atoms with van der Waals surface area (Å²) in [5, 5.41) is 11.5. The van der Waals surface area contributed by atoms with Gasteiger partial charge in [-0.15, -0.1) is 11.3 Å². The van der Waals surface area contributed by atoms with Crippen LogP contribution in [0.4, 0.5) is 0 Å². The molecule has 3 heteroatoms. The molecule has 0 aliphatic carbocycles. The van der Waals surface area contributed by atoms with Crippen LogP contribution in [0.2, 0.25) is 0 Å². The van der Waals surface area contributed by atoms with Gasteiger partial charge in [0.15, 0.2) is 0 Å². The smallest absolute Gasteiger partial charge is 0.0465 e. The van der Waals surface area contributed by atoms with E-state index in [0.29, 0.717) is 5.92 Å². The highest BCUT2D eigenvalue weighted by Crippen LogP contribution is 2.23. The molecular weight excluding hydrogens is 296 g/mol. The number of thiophene rings is 1. The first-order valence-corrected chi connectivity index (χ1v) is 7.33. The van der Waals surface area contributed by atoms with Gasteiger partial charge in [-0.3, -0.25) is 0 Å². The number of aliphatic hydroxyl groups excluding tert-OH is 1. The summed E-state index contributed by atoms with van der Waals surface area (Å²) in [6, 6.07) is 12.5. The Morgan fingerprint density at radius 1 is 1.18 bits per heavy atom. The van der Waals surface area contributed by atoms with Gasteiger partial charge < -0.3 is 5.11 Å². The van der Waals surface area contributed by atoms with Gasteiger partial charge in [-0.2, -0.15) is 0 Å². The van der Waals surface area contributed by atoms with E-state index in [1.807, 2.05) is 18.2 Å². The maximum absolute atomic E-state index is 9.45. The molecule has 1 nitrogen and oxygen atoms in total. The minimum atomic E-state index is 0.240. The van der Waals surface area contributed by atoms with Crippen molar-refractivity contribution >= 4 is 27.3 Å². The summed E-state index contributed by atoms with van der Waals surface area (Å²) in [5.41, 5.74) is 1.29. The molecule has 0 spiro atoms. The zero-order chi connectivity index (χ0) is 12.1. The fourth-order valence-corrected chi connectivity index (χ4v) is 3.46. The maximum atomic E-state index is 9.45. The van der Waals surface area contributed by atoms with Crippen LogP contribution in [0.1, 0.15) is 10.4 Å². The molecule has 1 unspecified atom stereocenters. The number of hydrogen-bond acceptors (Lipinski definition) is 2. The molecule has 2 aromatic rings. The Balaban J connectivity index is 1.98. The summed E-state index contributed by atoms with van der Waals surface area (Å²) in [6.07, 6.45) is 1.88. The third-order valence-corrected chi connectivity index (χ3v) is 4.46. The van der Waals surface area contributed by atoms with Gasteiger partial charge in [-0.1, -0.05) is 30.3 Å². The molecule has 1 heterocycles. The van der Waals surface area contributed by atoms with Crippen molar-refractivity contribution in [2.45, 2.75) is 12.8 Å². The van der Waals surface area contributed by atoms with E-state index in [2.05, 4.69) is 39.5 Å². The number of hydrogen-bond donors (Lipinski definition) is 1. The highest BCUT2D eigenvalue weighted by molar-refractivity contribution is 9.10. The van der Waals surface area contributed by atoms with Gasteiger partial charge in [0.1, 0.15) is 0 Å². The summed E-state index contributed by atoms with van der Waals surface area (Å²) in [4.78, 5) is 1.33. The lowest BCUT2D eigenvalue weighted by atomic mass is 9.96. The summed E-state index contributed by atoms with van der Waals surface area (Å²) in [6.45, 7) is 0.240. The molecule has 90 valence electrons. The zero-order valence-electron chi connectivity index (χ0n) is 9.47. The third-order valence-electron chi connectivity index (χ3n) is 2.74. The first-order chi connectivity index (χ1) is 8.28. The van der Waals surface area contributed by atoms with Crippen LogP contribution in [0.25, 0.3) is 0 Å². The minimum absolute atomic E-state index is 0.240. The Morgan fingerprint density at radius 3 is 2.53 bits per heavy atom. The minimum Gasteiger partial charge on any atom is -0.396 e. The Morgan fingerprint density at radius 2 is 1.94 bits per heavy atom. The number of benzene rings is 1. The van der Waals surface area contributed by atoms with Crippen LogP contribution in [0.15, 0.2) is 46.3 Å². The van der Waals surface area contributed by atoms with E-state index in [4.69, 9.17) is 0 Å². The van der Waals surface area contributed by atoms with E-state index in [0.717, 1.165) is 17.3 Å². The SMILES string of the molecule is OCC(Cc1ccccc1)Cc1cc(Br)cs1. The Kier molecular flexibility index (Phi) is 4.77. The molecule has 1 N–H and O–H groups in total. The molecule has 1 atom stereocenters. The summed E-state index contributed by atoms with van der Waals surface area (Å²) in [5.74, 6) is 0.308. The van der Waals surface area contributed by atoms with Crippen LogP contribution in [0, 0.1) is 5.92 Å². The summed E-state index contributed by atoms with van der Waals surface area (Å²) in [7, 11) is 0. The van der Waals surface area contributed by atoms with Gasteiger partial charge in [0, 0.05) is 21.3 Å². The van der Waals surface area contributed by atoms with Gasteiger partial charge >= 0.3 is 0 Å². The van der Waals surface area contributed by atoms with Crippen molar-refractivity contribution in [2.24, 2.45) is 5.92 Å². The van der Waals surface area contributed by atoms with Crippen LogP contribution in [0.3, 0.4) is 0 Å². The molecule has 0 saturated heterocycles. The largest absolute Gasteiger partial charge is 0.396 e. The lowest BCUT2D eigenvalue weighted by Gasteiger charge is -2.12. The van der Waals surface area contributed by atoms with Crippen molar-refractivity contribution in [3.05, 3.63) is 56.7 Å². The van der Waals surface area contributed by atoms with E-state index in [1.54, 1.807) is 11.3 Å². The topological polar surface area (TPSA) is 20.2 Å². The molecule has 17 heavy (non-hydrogen) atoms. The van der Waals surface area contributed by atoms with Crippen LogP contribution >= 0.6 is 27.3 Å². The summed E-state index contributed by atoms with van der Waals surface area (Å²) < 4.78 is 1.13. The highest BCUT2D eigenvalue weighted by atomic mass is 79.9. The molecule has 2 rings (SSSR count). The van der Waals surface area contributed by atoms with Crippen LogP contribution in [0.5, 0.6) is 0 Å². The van der Waals surface area contributed by atoms with E-state index < -0.39 is 0 Å². The Bertz CT molecular complexity index is 452. The monoisotopic (exact) mass is 310 g/mol. The maximum Gasteiger partial charge on any atom is 0.0465 e. The van der Waals surface area contributed by atoms with Crippen LogP contribution in [-0.2, 0) is 12.8 Å². The van der Waals surface area contributed by atoms with Crippen molar-refractivity contribution in [2.75, 3.05) is 6.61 Å². The number of halogens is 1. The molecule has 1 aromatic heterocycles. The van der Waals surface area contributed by atoms with E-state index in [9.17, 15) is 5.11 Å². The van der Waals surface area contributed by atoms with E-state index >= 15 is 0 Å². The predicted molar refractivity (Wildman–Crippen MR) is 76.4 cm³/mol. The second kappa shape index (κ2) is 6.34. The van der Waals surface area contributed by atoms with Crippen molar-refractivity contribution in [1.29, 1.82) is 0 Å². The lowest BCUT2D eigenvalue weighted by molar-refractivity contribution is 0.225. The van der Waals surface area contributed by atoms with Gasteiger partial charge in [0.2, 0.25) is 0 Å². The molecule has 0 bridgehead atoms. The first-order valence-electron chi connectivity index (χ1n) is 5.65. The molecule has 1 aromatic carbocycles. The van der Waals surface area contributed by atoms with Gasteiger partial charge in [-0.25, -0.2) is 0 Å². The van der Waals surface area contributed by atoms with Gasteiger partial charge in [-0.05, 0) is 46.3 Å². The van der Waals surface area contributed by atoms with Crippen molar-refractivity contribution in [1.82, 2.24) is 0 Å². The quantitative estimate of drug-likeness (QED) is 0.888. The van der Waals surface area contributed by atoms with Crippen molar-refractivity contribution < 1.29 is 5.11 Å². The van der Waals surface area contributed by atoms with E-state index in [1.165, 1.54) is 10.4 Å². The summed E-state index contributed by atoms with van der Waals surface area (Å²) >= 11 is 5.20. The molecule has 0 fully saturated rings. The normalized spacial score (nSPS) is 12.6. The predicted octanol–water partition coefficient (Wildman–Crippen LogP) is 3.90. The van der Waals surface area contributed by atoms with Crippen molar-refractivity contribution in [3.8, 4) is 0 Å². The molecule has 0 radical (unpaired) electrons. The molecular formula is C14H15BrOS. The van der Waals surface area contributed by atoms with Crippen molar-refractivity contribution in [3.63, 3.8) is 0 Å². The third kappa shape index (κ3) is 3.95. The van der Waals surface area contributed by atoms with Crippen LogP contribution in [-0.4, -0.2) is 11.7 Å². The Labute approximate surface area is 114 Å². The van der Waals surface area contributed by atoms with Gasteiger partial charge in [0.25, 0.3) is 0 Å². The zero-order valence-corrected chi connectivity index (χ0v) is 11.9. The molecule has 0 aliphatic heterocycles. The molecule has 0 aliphatic rings. The fourth-order valence-electron chi connectivity index (χ4n) is 1.89. The highest BCUT2D eigenvalue weighted by Gasteiger charge is 2.11. The lowest BCUT2D eigenvalue weighted by Crippen LogP contribution is -2.12. The first kappa shape index (κ1) is 12.8. The second-order valence-electron chi connectivity index (χ2n) is 4.17. The van der Waals surface area contributed by atoms with E-state index in [-0.39, 0.29) is 6.61 Å². The Hall–Kier alpha value is -0.640. The fraction of sp³-hybridized carbons (Fsp3) is 0.286. The average Bonchev–Trinajstić information content (AvgIpc) is 2.75. The van der Waals surface area contributed by atoms with Gasteiger partial charge in [0.05, 0.1) is 0 Å². The number of aliphatic hydroxyl groups is 1. The second-order valence-corrected chi connectivity index (χ2v) is 6.09. The van der Waals surface area contributed by atoms with Crippen LogP contribution < -0.4 is 0 Å². The standard InChI is InChI=1S/C14H15BrOS/c15-13-8-14(17-10-13)7-12(9-16)6-11-4-2-1-3-5-11/h1-5,8,10,12,16H,6-7,9H2. The molecule has 0 amide bonds. The average molecular weight is 311 g/mol. The number of rotatable bonds is 5.